The molecule has 0 spiro atoms. The summed E-state index contributed by atoms with van der Waals surface area (Å²) in [6, 6.07) is -3.04. The maximum absolute atomic E-state index is 11.4. The van der Waals surface area contributed by atoms with Gasteiger partial charge in [-0.1, -0.05) is 0 Å². The van der Waals surface area contributed by atoms with E-state index in [1.54, 1.807) is 0 Å². The number of hydrogen-bond donors (Lipinski definition) is 23. The highest BCUT2D eigenvalue weighted by Crippen LogP contribution is 2.37. The van der Waals surface area contributed by atoms with Crippen LogP contribution in [-0.4, -0.2) is 367 Å². The Morgan fingerprint density at radius 2 is 0.662 bits per heavy atom. The smallest absolute Gasteiger partial charge is 0.187 e. The SMILES string of the molecule is C[C@@H]1O[C@H](O[C@H]2[C@H](O)[C@@H](O)[C@H](O[C@H]3[C@H](O)[C@@H](O)[C@H](O[C@H]4[C@H](O)[C@@H](O)[C@H](O[C@H]5[C@H](O)[C@@H](O)CO[C@@H]5CO)O[C@@H]4CO)O[C@@H]3CO)O[C@@H]2CO)[C@@H](O)[C@H](O)[C@H]1N[C@H]1[C@H](O)[C@@H](CO)[C@H](O[C@H]2O[C@@H](CO)[C@H](O)[C@@H](O)[C@@H]2O)[C@@H](O)[C@@H]1O. The summed E-state index contributed by atoms with van der Waals surface area (Å²) in [4.78, 5) is 0. The summed E-state index contributed by atoms with van der Waals surface area (Å²) < 4.78 is 61.6. The molecule has 6 saturated heterocycles. The second kappa shape index (κ2) is 26.9. The molecule has 7 rings (SSSR count). The molecule has 0 amide bonds. The largest absolute Gasteiger partial charge is 0.396 e. The van der Waals surface area contributed by atoms with Crippen LogP contribution in [-0.2, 0) is 52.1 Å². The van der Waals surface area contributed by atoms with Crippen LogP contribution in [0.4, 0.5) is 0 Å². The molecule has 0 unspecified atom stereocenters. The molecule has 35 atom stereocenters. The van der Waals surface area contributed by atoms with Crippen LogP contribution in [0.25, 0.3) is 0 Å². The van der Waals surface area contributed by atoms with Gasteiger partial charge in [-0.2, -0.15) is 0 Å². The fourth-order valence-corrected chi connectivity index (χ4v) is 10.6. The molecule has 0 radical (unpaired) electrons. The minimum Gasteiger partial charge on any atom is -0.396 e. The first kappa shape index (κ1) is 63.2. The minimum atomic E-state index is -2.17. The van der Waals surface area contributed by atoms with E-state index < -0.39 is 254 Å². The minimum absolute atomic E-state index is 0.363. The van der Waals surface area contributed by atoms with Crippen molar-refractivity contribution in [1.29, 1.82) is 0 Å². The van der Waals surface area contributed by atoms with Crippen molar-refractivity contribution >= 4 is 0 Å². The Kier molecular flexibility index (Phi) is 22.1. The lowest BCUT2D eigenvalue weighted by atomic mass is 9.76. The molecule has 1 aliphatic carbocycles. The third kappa shape index (κ3) is 12.8. The third-order valence-corrected chi connectivity index (χ3v) is 15.3. The van der Waals surface area contributed by atoms with Gasteiger partial charge < -0.3 is 170 Å². The van der Waals surface area contributed by atoms with Gasteiger partial charge in [0.15, 0.2) is 31.5 Å². The monoisotopic (exact) mass is 1130 g/mol. The lowest BCUT2D eigenvalue weighted by Crippen LogP contribution is -2.73. The highest BCUT2D eigenvalue weighted by molar-refractivity contribution is 5.07. The van der Waals surface area contributed by atoms with Crippen LogP contribution in [0.1, 0.15) is 6.92 Å². The number of rotatable bonds is 18. The van der Waals surface area contributed by atoms with Crippen molar-refractivity contribution in [2.45, 2.75) is 215 Å². The molecule has 1 saturated carbocycles. The predicted octanol–water partition coefficient (Wildman–Crippen LogP) is -15.4. The molecule has 6 heterocycles. The van der Waals surface area contributed by atoms with Crippen LogP contribution in [0.3, 0.4) is 0 Å². The molecule has 7 aliphatic rings. The van der Waals surface area contributed by atoms with E-state index in [1.165, 1.54) is 6.92 Å². The van der Waals surface area contributed by atoms with Crippen molar-refractivity contribution in [2.24, 2.45) is 5.92 Å². The molecule has 0 aromatic heterocycles. The molecule has 0 bridgehead atoms. The van der Waals surface area contributed by atoms with Gasteiger partial charge in [-0.3, -0.25) is 0 Å². The molecule has 6 aliphatic heterocycles. The average Bonchev–Trinajstić information content (AvgIpc) is 3.43. The molecule has 7 fully saturated rings. The van der Waals surface area contributed by atoms with E-state index >= 15 is 0 Å². The fourth-order valence-electron chi connectivity index (χ4n) is 10.6. The van der Waals surface area contributed by atoms with Crippen LogP contribution >= 0.6 is 0 Å². The predicted molar refractivity (Wildman–Crippen MR) is 236 cm³/mol. The zero-order valence-corrected chi connectivity index (χ0v) is 41.0. The van der Waals surface area contributed by atoms with Crippen molar-refractivity contribution in [3.05, 3.63) is 0 Å². The van der Waals surface area contributed by atoms with E-state index in [1.807, 2.05) is 0 Å². The summed E-state index contributed by atoms with van der Waals surface area (Å²) in [5.74, 6) is -1.48. The van der Waals surface area contributed by atoms with Crippen LogP contribution in [0, 0.1) is 5.92 Å². The number of aliphatic hydroxyl groups excluding tert-OH is 22. The van der Waals surface area contributed by atoms with Gasteiger partial charge in [-0.15, -0.1) is 0 Å². The normalized spacial score (nSPS) is 54.0. The van der Waals surface area contributed by atoms with Crippen LogP contribution < -0.4 is 5.32 Å². The maximum atomic E-state index is 11.4. The summed E-state index contributed by atoms with van der Waals surface area (Å²) in [5.41, 5.74) is 0. The summed E-state index contributed by atoms with van der Waals surface area (Å²) in [5, 5.41) is 238. The number of hydrogen-bond acceptors (Lipinski definition) is 34. The molecule has 0 aromatic rings. The van der Waals surface area contributed by atoms with E-state index in [-0.39, 0.29) is 6.61 Å². The molecule has 34 nitrogen and oxygen atoms in total. The van der Waals surface area contributed by atoms with E-state index in [4.69, 9.17) is 52.1 Å². The first-order chi connectivity index (χ1) is 36.5. The van der Waals surface area contributed by atoms with Crippen molar-refractivity contribution in [1.82, 2.24) is 5.32 Å². The maximum Gasteiger partial charge on any atom is 0.187 e. The number of nitrogens with one attached hydrogen (secondary N) is 1. The number of aliphatic hydroxyl groups is 22. The first-order valence-electron chi connectivity index (χ1n) is 24.9. The van der Waals surface area contributed by atoms with Gasteiger partial charge in [0, 0.05) is 5.92 Å². The number of ether oxygens (including phenoxy) is 11. The summed E-state index contributed by atoms with van der Waals surface area (Å²) in [7, 11) is 0. The van der Waals surface area contributed by atoms with E-state index in [0.29, 0.717) is 0 Å². The molecule has 34 heteroatoms. The molecule has 0 aromatic carbocycles. The van der Waals surface area contributed by atoms with Gasteiger partial charge >= 0.3 is 0 Å². The standard InChI is InChI=1S/C43H75NO33/c1-9-17(44-18-19(52)10(2-45)34(25(58)23(18)56)73-40-30(63)24(57)21(54)12(3-46)69-40)22(55)29(62)39(68-9)75-36-14(5-48)71-42(32(65)26(36)59)77-38-16(7-50)72-43(33(66)28(38)61)76-37-15(6-49)70-41(31(64)27(37)60)74-35-13(4-47)67-8-11(51)20(35)53/h9-66H,2-8H2,1H3/t9-,10+,11-,12-,13+,14+,15+,16+,17-,18-,19+,20+,21-,22+,23+,24+,25-,26+,27+,28+,29-,30-,31+,32+,33+,34-,35+,36+,37+,38+,39+,40+,41-,42-,43-/m0/s1. The highest BCUT2D eigenvalue weighted by atomic mass is 16.8. The fraction of sp³-hybridized carbons (Fsp3) is 1.00. The Hall–Kier alpha value is -1.36. The summed E-state index contributed by atoms with van der Waals surface area (Å²) in [6.45, 7) is -4.46. The second-order valence-electron chi connectivity index (χ2n) is 20.2. The quantitative estimate of drug-likeness (QED) is 0.0606. The van der Waals surface area contributed by atoms with Gasteiger partial charge in [-0.05, 0) is 6.92 Å². The highest BCUT2D eigenvalue weighted by Gasteiger charge is 2.58. The van der Waals surface area contributed by atoms with Crippen LogP contribution in [0.5, 0.6) is 0 Å². The molecule has 23 N–H and O–H groups in total. The van der Waals surface area contributed by atoms with Crippen molar-refractivity contribution in [2.75, 3.05) is 46.2 Å². The van der Waals surface area contributed by atoms with Gasteiger partial charge in [0.2, 0.25) is 0 Å². The van der Waals surface area contributed by atoms with E-state index in [0.717, 1.165) is 0 Å². The molecular weight excluding hydrogens is 1060 g/mol. The van der Waals surface area contributed by atoms with Crippen molar-refractivity contribution in [3.8, 4) is 0 Å². The lowest BCUT2D eigenvalue weighted by Gasteiger charge is -2.51. The van der Waals surface area contributed by atoms with Gasteiger partial charge in [-0.25, -0.2) is 0 Å². The van der Waals surface area contributed by atoms with Gasteiger partial charge in [0.1, 0.15) is 146 Å². The summed E-state index contributed by atoms with van der Waals surface area (Å²) >= 11 is 0. The summed E-state index contributed by atoms with van der Waals surface area (Å²) in [6.07, 6.45) is -58.2. The van der Waals surface area contributed by atoms with Gasteiger partial charge in [0.25, 0.3) is 0 Å². The molecule has 450 valence electrons. The van der Waals surface area contributed by atoms with Gasteiger partial charge in [0.05, 0.1) is 76.6 Å². The third-order valence-electron chi connectivity index (χ3n) is 15.3. The molecular formula is C43H75NO33. The zero-order chi connectivity index (χ0) is 56.6. The Morgan fingerprint density at radius 3 is 1.08 bits per heavy atom. The zero-order valence-electron chi connectivity index (χ0n) is 41.0. The lowest BCUT2D eigenvalue weighted by molar-refractivity contribution is -0.389. The van der Waals surface area contributed by atoms with Crippen molar-refractivity contribution in [3.63, 3.8) is 0 Å². The van der Waals surface area contributed by atoms with E-state index in [2.05, 4.69) is 5.32 Å². The van der Waals surface area contributed by atoms with Crippen LogP contribution in [0.2, 0.25) is 0 Å². The Bertz CT molecular complexity index is 1800. The van der Waals surface area contributed by atoms with Crippen LogP contribution in [0.15, 0.2) is 0 Å². The topological polar surface area (TPSA) is 559 Å². The Labute approximate surface area is 436 Å². The van der Waals surface area contributed by atoms with Crippen molar-refractivity contribution < 1.29 is 164 Å². The Balaban J connectivity index is 0.945. The Morgan fingerprint density at radius 1 is 0.325 bits per heavy atom. The van der Waals surface area contributed by atoms with E-state index in [9.17, 15) is 112 Å². The molecule has 77 heavy (non-hydrogen) atoms. The average molecular weight is 1130 g/mol. The second-order valence-corrected chi connectivity index (χ2v) is 20.2. The first-order valence-corrected chi connectivity index (χ1v) is 24.9.